The van der Waals surface area contributed by atoms with Crippen LogP contribution in [0.3, 0.4) is 0 Å². The lowest BCUT2D eigenvalue weighted by Crippen LogP contribution is -2.27. The number of aldehydes is 1. The SMILES string of the molecule is NCC(F)(F)F.O=CC1(CCCCCSc2nc(-c3ccccc3)c(-c3ccccc3)s2)c2ccccc2-c2ccccc21. The molecule has 0 bridgehead atoms. The second-order valence-corrected chi connectivity index (χ2v) is 12.9. The van der Waals surface area contributed by atoms with Gasteiger partial charge in [0.2, 0.25) is 0 Å². The maximum atomic E-state index is 12.6. The van der Waals surface area contributed by atoms with Crippen molar-refractivity contribution in [3.8, 4) is 32.8 Å². The maximum Gasteiger partial charge on any atom is 0.400 e. The van der Waals surface area contributed by atoms with E-state index in [1.807, 2.05) is 17.8 Å². The lowest BCUT2D eigenvalue weighted by molar-refractivity contribution is -0.118. The molecule has 0 saturated heterocycles. The highest BCUT2D eigenvalue weighted by atomic mass is 32.2. The topological polar surface area (TPSA) is 56.0 Å². The van der Waals surface area contributed by atoms with Gasteiger partial charge in [0.1, 0.15) is 6.29 Å². The van der Waals surface area contributed by atoms with E-state index >= 15 is 0 Å². The van der Waals surface area contributed by atoms with Gasteiger partial charge >= 0.3 is 6.18 Å². The van der Waals surface area contributed by atoms with E-state index in [2.05, 4.69) is 109 Å². The van der Waals surface area contributed by atoms with Crippen LogP contribution in [0.2, 0.25) is 0 Å². The third-order valence-corrected chi connectivity index (χ3v) is 10.0. The predicted molar refractivity (Wildman–Crippen MR) is 176 cm³/mol. The molecule has 44 heavy (non-hydrogen) atoms. The molecule has 0 spiro atoms. The van der Waals surface area contributed by atoms with Crippen LogP contribution >= 0.6 is 23.1 Å². The Morgan fingerprint density at radius 2 is 1.27 bits per heavy atom. The number of hydrogen-bond donors (Lipinski definition) is 1. The average molecular weight is 631 g/mol. The van der Waals surface area contributed by atoms with E-state index < -0.39 is 18.1 Å². The minimum Gasteiger partial charge on any atom is -0.323 e. The Bertz CT molecular complexity index is 1570. The zero-order valence-corrected chi connectivity index (χ0v) is 25.7. The molecule has 0 fully saturated rings. The lowest BCUT2D eigenvalue weighted by atomic mass is 9.75. The van der Waals surface area contributed by atoms with Crippen LogP contribution in [0.25, 0.3) is 32.8 Å². The summed E-state index contributed by atoms with van der Waals surface area (Å²) in [7, 11) is 0. The molecule has 1 heterocycles. The number of hydrogen-bond acceptors (Lipinski definition) is 5. The van der Waals surface area contributed by atoms with E-state index in [1.54, 1.807) is 11.3 Å². The Morgan fingerprint density at radius 3 is 1.82 bits per heavy atom. The van der Waals surface area contributed by atoms with E-state index in [1.165, 1.54) is 27.9 Å². The Morgan fingerprint density at radius 1 is 0.750 bits per heavy atom. The standard InChI is InChI=1S/C34H29NOS2.C2H4F3N/c36-24-34(29-20-10-8-18-27(29)28-19-9-11-21-30(28)34)22-12-3-13-23-37-33-35-31(25-14-4-1-5-15-25)32(38-33)26-16-6-2-7-17-26;3-2(4,5)1-6/h1-2,4-11,14-21,24H,3,12-13,22-23H2;1,6H2. The second-order valence-electron chi connectivity index (χ2n) is 10.5. The Kier molecular flexibility index (Phi) is 10.4. The smallest absolute Gasteiger partial charge is 0.323 e. The Balaban J connectivity index is 0.000000584. The molecule has 1 aliphatic rings. The number of halogens is 3. The Hall–Kier alpha value is -3.72. The van der Waals surface area contributed by atoms with Crippen molar-refractivity contribution in [2.24, 2.45) is 5.73 Å². The van der Waals surface area contributed by atoms with Crippen LogP contribution in [0.15, 0.2) is 114 Å². The van der Waals surface area contributed by atoms with Gasteiger partial charge in [-0.3, -0.25) is 0 Å². The number of thioether (sulfide) groups is 1. The number of benzene rings is 4. The van der Waals surface area contributed by atoms with Gasteiger partial charge in [-0.15, -0.1) is 11.3 Å². The molecule has 2 N–H and O–H groups in total. The number of unbranched alkanes of at least 4 members (excludes halogenated alkanes) is 2. The van der Waals surface area contributed by atoms with Gasteiger partial charge in [-0.25, -0.2) is 4.98 Å². The van der Waals surface area contributed by atoms with Crippen molar-refractivity contribution in [1.82, 2.24) is 4.98 Å². The summed E-state index contributed by atoms with van der Waals surface area (Å²) < 4.78 is 33.1. The number of alkyl halides is 3. The summed E-state index contributed by atoms with van der Waals surface area (Å²) in [6.07, 6.45) is 1.07. The molecule has 1 aromatic heterocycles. The van der Waals surface area contributed by atoms with E-state index in [-0.39, 0.29) is 0 Å². The first-order chi connectivity index (χ1) is 21.4. The quantitative estimate of drug-likeness (QED) is 0.0948. The fraction of sp³-hybridized carbons (Fsp3) is 0.222. The molecule has 4 aromatic carbocycles. The third-order valence-electron chi connectivity index (χ3n) is 7.67. The maximum absolute atomic E-state index is 12.6. The van der Waals surface area contributed by atoms with Crippen molar-refractivity contribution >= 4 is 29.4 Å². The van der Waals surface area contributed by atoms with Crippen LogP contribution < -0.4 is 5.73 Å². The monoisotopic (exact) mass is 630 g/mol. The van der Waals surface area contributed by atoms with Gasteiger partial charge in [0.05, 0.1) is 22.5 Å². The Labute approximate surface area is 264 Å². The minimum absolute atomic E-state index is 0.523. The van der Waals surface area contributed by atoms with Crippen molar-refractivity contribution in [3.05, 3.63) is 120 Å². The van der Waals surface area contributed by atoms with Crippen LogP contribution in [0.1, 0.15) is 36.8 Å². The number of carbonyl (C=O) groups is 1. The molecule has 3 nitrogen and oxygen atoms in total. The molecule has 5 aromatic rings. The van der Waals surface area contributed by atoms with Crippen molar-refractivity contribution in [1.29, 1.82) is 0 Å². The molecule has 0 unspecified atom stereocenters. The van der Waals surface area contributed by atoms with Gasteiger partial charge in [-0.2, -0.15) is 13.2 Å². The zero-order valence-electron chi connectivity index (χ0n) is 24.1. The predicted octanol–water partition coefficient (Wildman–Crippen LogP) is 9.80. The van der Waals surface area contributed by atoms with Crippen molar-refractivity contribution in [3.63, 3.8) is 0 Å². The third kappa shape index (κ3) is 7.15. The van der Waals surface area contributed by atoms with Crippen LogP contribution in [0.5, 0.6) is 0 Å². The largest absolute Gasteiger partial charge is 0.400 e. The molecule has 0 atom stereocenters. The average Bonchev–Trinajstić information content (AvgIpc) is 3.61. The van der Waals surface area contributed by atoms with E-state index in [9.17, 15) is 18.0 Å². The number of nitrogens with zero attached hydrogens (tertiary/aromatic N) is 1. The van der Waals surface area contributed by atoms with Crippen molar-refractivity contribution in [2.75, 3.05) is 12.3 Å². The number of thiazole rings is 1. The van der Waals surface area contributed by atoms with Gasteiger partial charge in [-0.05, 0) is 40.7 Å². The van der Waals surface area contributed by atoms with Gasteiger partial charge in [0, 0.05) is 11.3 Å². The van der Waals surface area contributed by atoms with E-state index in [0.717, 1.165) is 58.2 Å². The lowest BCUT2D eigenvalue weighted by Gasteiger charge is -2.25. The number of aromatic nitrogens is 1. The highest BCUT2D eigenvalue weighted by molar-refractivity contribution is 8.01. The highest BCUT2D eigenvalue weighted by Crippen LogP contribution is 2.50. The minimum atomic E-state index is -4.18. The molecular formula is C36H33F3N2OS2. The molecule has 0 aliphatic heterocycles. The van der Waals surface area contributed by atoms with E-state index in [0.29, 0.717) is 0 Å². The summed E-state index contributed by atoms with van der Waals surface area (Å²) in [5.74, 6) is 1.03. The van der Waals surface area contributed by atoms with Gasteiger partial charge in [0.15, 0.2) is 4.34 Å². The summed E-state index contributed by atoms with van der Waals surface area (Å²) in [6.45, 7) is -1.23. The number of carbonyl (C=O) groups excluding carboxylic acids is 1. The number of fused-ring (bicyclic) bond motifs is 3. The van der Waals surface area contributed by atoms with Gasteiger partial charge in [-0.1, -0.05) is 134 Å². The number of nitrogens with two attached hydrogens (primary N) is 1. The first kappa shape index (κ1) is 31.7. The molecular weight excluding hydrogens is 598 g/mol. The molecule has 1 aliphatic carbocycles. The zero-order chi connectivity index (χ0) is 31.0. The normalized spacial score (nSPS) is 13.0. The van der Waals surface area contributed by atoms with Crippen molar-refractivity contribution in [2.45, 2.75) is 41.6 Å². The van der Waals surface area contributed by atoms with Gasteiger partial charge in [0.25, 0.3) is 0 Å². The fourth-order valence-electron chi connectivity index (χ4n) is 5.60. The molecule has 6 rings (SSSR count). The molecule has 0 amide bonds. The highest BCUT2D eigenvalue weighted by Gasteiger charge is 2.42. The van der Waals surface area contributed by atoms with Crippen LogP contribution in [0.4, 0.5) is 13.2 Å². The van der Waals surface area contributed by atoms with Crippen molar-refractivity contribution < 1.29 is 18.0 Å². The summed E-state index contributed by atoms with van der Waals surface area (Å²) >= 11 is 3.63. The second kappa shape index (κ2) is 14.4. The first-order valence-electron chi connectivity index (χ1n) is 14.5. The summed E-state index contributed by atoms with van der Waals surface area (Å²) in [6, 6.07) is 37.8. The van der Waals surface area contributed by atoms with Crippen LogP contribution in [-0.4, -0.2) is 29.7 Å². The first-order valence-corrected chi connectivity index (χ1v) is 16.3. The summed E-state index contributed by atoms with van der Waals surface area (Å²) in [5, 5.41) is 0. The summed E-state index contributed by atoms with van der Waals surface area (Å²) in [4.78, 5) is 18.9. The van der Waals surface area contributed by atoms with Crippen LogP contribution in [-0.2, 0) is 10.2 Å². The molecule has 0 radical (unpaired) electrons. The molecule has 8 heteroatoms. The van der Waals surface area contributed by atoms with Gasteiger partial charge < -0.3 is 10.5 Å². The molecule has 226 valence electrons. The number of rotatable bonds is 10. The molecule has 0 saturated carbocycles. The van der Waals surface area contributed by atoms with Crippen LogP contribution in [0, 0.1) is 0 Å². The summed E-state index contributed by atoms with van der Waals surface area (Å²) in [5.41, 5.74) is 11.8. The fourth-order valence-corrected chi connectivity index (χ4v) is 7.84. The van der Waals surface area contributed by atoms with E-state index in [4.69, 9.17) is 4.98 Å².